The van der Waals surface area contributed by atoms with Crippen molar-refractivity contribution in [1.82, 2.24) is 4.90 Å². The van der Waals surface area contributed by atoms with E-state index in [1.54, 1.807) is 6.92 Å². The molecule has 0 saturated carbocycles. The molecule has 1 aromatic carbocycles. The highest BCUT2D eigenvalue weighted by Crippen LogP contribution is 2.24. The SMILES string of the molecule is CCN(CC)CCOc1ccccc1[C@H](C)O. The summed E-state index contributed by atoms with van der Waals surface area (Å²) >= 11 is 0. The molecule has 0 unspecified atom stereocenters. The van der Waals surface area contributed by atoms with E-state index in [9.17, 15) is 5.11 Å². The second-order valence-corrected chi connectivity index (χ2v) is 4.09. The van der Waals surface area contributed by atoms with Gasteiger partial charge in [-0.05, 0) is 26.1 Å². The Labute approximate surface area is 104 Å². The molecule has 0 aliphatic carbocycles. The van der Waals surface area contributed by atoms with E-state index in [0.29, 0.717) is 6.61 Å². The Balaban J connectivity index is 2.51. The van der Waals surface area contributed by atoms with Gasteiger partial charge in [-0.3, -0.25) is 0 Å². The summed E-state index contributed by atoms with van der Waals surface area (Å²) in [5.74, 6) is 0.787. The highest BCUT2D eigenvalue weighted by Gasteiger charge is 2.08. The zero-order chi connectivity index (χ0) is 12.7. The van der Waals surface area contributed by atoms with Crippen LogP contribution in [0.3, 0.4) is 0 Å². The van der Waals surface area contributed by atoms with Gasteiger partial charge in [0.2, 0.25) is 0 Å². The van der Waals surface area contributed by atoms with Gasteiger partial charge in [-0.15, -0.1) is 0 Å². The first-order valence-electron chi connectivity index (χ1n) is 6.31. The smallest absolute Gasteiger partial charge is 0.125 e. The van der Waals surface area contributed by atoms with Crippen molar-refractivity contribution in [1.29, 1.82) is 0 Å². The van der Waals surface area contributed by atoms with Crippen molar-refractivity contribution in [2.45, 2.75) is 26.9 Å². The molecule has 0 bridgehead atoms. The summed E-state index contributed by atoms with van der Waals surface area (Å²) in [6.45, 7) is 9.70. The summed E-state index contributed by atoms with van der Waals surface area (Å²) in [5, 5.41) is 9.61. The van der Waals surface area contributed by atoms with Gasteiger partial charge in [0.1, 0.15) is 12.4 Å². The molecular formula is C14H23NO2. The molecule has 0 spiro atoms. The van der Waals surface area contributed by atoms with Crippen LogP contribution in [0.4, 0.5) is 0 Å². The topological polar surface area (TPSA) is 32.7 Å². The van der Waals surface area contributed by atoms with Crippen LogP contribution in [0.25, 0.3) is 0 Å². The predicted molar refractivity (Wildman–Crippen MR) is 70.4 cm³/mol. The van der Waals surface area contributed by atoms with E-state index in [-0.39, 0.29) is 0 Å². The van der Waals surface area contributed by atoms with Gasteiger partial charge in [0.05, 0.1) is 6.10 Å². The fourth-order valence-corrected chi connectivity index (χ4v) is 1.78. The number of hydrogen-bond acceptors (Lipinski definition) is 3. The second kappa shape index (κ2) is 7.30. The molecular weight excluding hydrogens is 214 g/mol. The molecule has 1 atom stereocenters. The maximum Gasteiger partial charge on any atom is 0.125 e. The third-order valence-corrected chi connectivity index (χ3v) is 2.93. The number of aliphatic hydroxyl groups is 1. The number of rotatable bonds is 7. The van der Waals surface area contributed by atoms with E-state index >= 15 is 0 Å². The van der Waals surface area contributed by atoms with Crippen LogP contribution in [0, 0.1) is 0 Å². The van der Waals surface area contributed by atoms with Crippen LogP contribution in [-0.4, -0.2) is 36.2 Å². The van der Waals surface area contributed by atoms with E-state index in [0.717, 1.165) is 30.9 Å². The Morgan fingerprint density at radius 2 is 1.88 bits per heavy atom. The molecule has 0 amide bonds. The van der Waals surface area contributed by atoms with E-state index in [2.05, 4.69) is 18.7 Å². The number of ether oxygens (including phenoxy) is 1. The maximum atomic E-state index is 9.61. The minimum Gasteiger partial charge on any atom is -0.492 e. The Morgan fingerprint density at radius 3 is 2.47 bits per heavy atom. The minimum absolute atomic E-state index is 0.486. The normalized spacial score (nSPS) is 12.8. The number of aliphatic hydroxyl groups excluding tert-OH is 1. The van der Waals surface area contributed by atoms with Crippen LogP contribution >= 0.6 is 0 Å². The maximum absolute atomic E-state index is 9.61. The lowest BCUT2D eigenvalue weighted by molar-refractivity contribution is 0.184. The second-order valence-electron chi connectivity index (χ2n) is 4.09. The molecule has 0 fully saturated rings. The summed E-state index contributed by atoms with van der Waals surface area (Å²) in [6, 6.07) is 7.65. The van der Waals surface area contributed by atoms with Crippen molar-refractivity contribution in [2.75, 3.05) is 26.2 Å². The van der Waals surface area contributed by atoms with Crippen LogP contribution in [0.15, 0.2) is 24.3 Å². The van der Waals surface area contributed by atoms with Crippen LogP contribution in [0.1, 0.15) is 32.4 Å². The molecule has 0 heterocycles. The number of hydrogen-bond donors (Lipinski definition) is 1. The van der Waals surface area contributed by atoms with Gasteiger partial charge in [0.15, 0.2) is 0 Å². The van der Waals surface area contributed by atoms with Crippen molar-refractivity contribution in [3.8, 4) is 5.75 Å². The first kappa shape index (κ1) is 14.0. The molecule has 0 aliphatic rings. The average Bonchev–Trinajstić information content (AvgIpc) is 2.35. The summed E-state index contributed by atoms with van der Waals surface area (Å²) in [6.07, 6.45) is -0.486. The van der Waals surface area contributed by atoms with Gasteiger partial charge in [-0.25, -0.2) is 0 Å². The molecule has 0 radical (unpaired) electrons. The van der Waals surface area contributed by atoms with Crippen LogP contribution in [0.5, 0.6) is 5.75 Å². The van der Waals surface area contributed by atoms with Crippen molar-refractivity contribution < 1.29 is 9.84 Å². The highest BCUT2D eigenvalue weighted by molar-refractivity contribution is 5.34. The Kier molecular flexibility index (Phi) is 6.01. The Hall–Kier alpha value is -1.06. The van der Waals surface area contributed by atoms with E-state index in [4.69, 9.17) is 4.74 Å². The van der Waals surface area contributed by atoms with Crippen molar-refractivity contribution >= 4 is 0 Å². The van der Waals surface area contributed by atoms with E-state index in [1.807, 2.05) is 24.3 Å². The summed E-state index contributed by atoms with van der Waals surface area (Å²) in [4.78, 5) is 2.31. The number of para-hydroxylation sites is 1. The molecule has 1 aromatic rings. The van der Waals surface area contributed by atoms with Crippen molar-refractivity contribution in [2.24, 2.45) is 0 Å². The lowest BCUT2D eigenvalue weighted by Crippen LogP contribution is -2.28. The van der Waals surface area contributed by atoms with Crippen LogP contribution in [-0.2, 0) is 0 Å². The van der Waals surface area contributed by atoms with E-state index < -0.39 is 6.10 Å². The van der Waals surface area contributed by atoms with Gasteiger partial charge in [-0.1, -0.05) is 32.0 Å². The largest absolute Gasteiger partial charge is 0.492 e. The first-order chi connectivity index (χ1) is 8.19. The van der Waals surface area contributed by atoms with Crippen molar-refractivity contribution in [3.63, 3.8) is 0 Å². The van der Waals surface area contributed by atoms with Gasteiger partial charge in [0.25, 0.3) is 0 Å². The average molecular weight is 237 g/mol. The van der Waals surface area contributed by atoms with Gasteiger partial charge in [-0.2, -0.15) is 0 Å². The summed E-state index contributed by atoms with van der Waals surface area (Å²) < 4.78 is 5.73. The first-order valence-corrected chi connectivity index (χ1v) is 6.31. The van der Waals surface area contributed by atoms with Crippen LogP contribution in [0.2, 0.25) is 0 Å². The summed E-state index contributed by atoms with van der Waals surface area (Å²) in [7, 11) is 0. The fourth-order valence-electron chi connectivity index (χ4n) is 1.78. The molecule has 1 N–H and O–H groups in total. The lowest BCUT2D eigenvalue weighted by atomic mass is 10.1. The molecule has 3 nitrogen and oxygen atoms in total. The predicted octanol–water partition coefficient (Wildman–Crippen LogP) is 2.46. The Bertz CT molecular complexity index is 322. The molecule has 3 heteroatoms. The zero-order valence-corrected chi connectivity index (χ0v) is 11.0. The molecule has 0 saturated heterocycles. The van der Waals surface area contributed by atoms with Gasteiger partial charge >= 0.3 is 0 Å². The molecule has 0 aromatic heterocycles. The summed E-state index contributed by atoms with van der Waals surface area (Å²) in [5.41, 5.74) is 0.854. The van der Waals surface area contributed by atoms with Gasteiger partial charge < -0.3 is 14.7 Å². The third-order valence-electron chi connectivity index (χ3n) is 2.93. The van der Waals surface area contributed by atoms with E-state index in [1.165, 1.54) is 0 Å². The highest BCUT2D eigenvalue weighted by atomic mass is 16.5. The van der Waals surface area contributed by atoms with Crippen LogP contribution < -0.4 is 4.74 Å². The molecule has 1 rings (SSSR count). The zero-order valence-electron chi connectivity index (χ0n) is 11.0. The molecule has 0 aliphatic heterocycles. The Morgan fingerprint density at radius 1 is 1.24 bits per heavy atom. The minimum atomic E-state index is -0.486. The van der Waals surface area contributed by atoms with Crippen molar-refractivity contribution in [3.05, 3.63) is 29.8 Å². The number of nitrogens with zero attached hydrogens (tertiary/aromatic N) is 1. The molecule has 96 valence electrons. The number of benzene rings is 1. The standard InChI is InChI=1S/C14H23NO2/c1-4-15(5-2)10-11-17-14-9-7-6-8-13(14)12(3)16/h6-9,12,16H,4-5,10-11H2,1-3H3/t12-/m0/s1. The fraction of sp³-hybridized carbons (Fsp3) is 0.571. The monoisotopic (exact) mass is 237 g/mol. The third kappa shape index (κ3) is 4.36. The lowest BCUT2D eigenvalue weighted by Gasteiger charge is -2.19. The quantitative estimate of drug-likeness (QED) is 0.790. The number of likely N-dealkylation sites (N-methyl/N-ethyl adjacent to an activating group) is 1. The van der Waals surface area contributed by atoms with Gasteiger partial charge in [0, 0.05) is 12.1 Å². The molecule has 17 heavy (non-hydrogen) atoms.